The minimum absolute atomic E-state index is 0.110. The van der Waals surface area contributed by atoms with E-state index in [0.29, 0.717) is 6.04 Å². The second-order valence-corrected chi connectivity index (χ2v) is 5.71. The number of hydrogen-bond acceptors (Lipinski definition) is 2. The zero-order valence-corrected chi connectivity index (χ0v) is 10.5. The first-order valence-electron chi connectivity index (χ1n) is 6.68. The second-order valence-electron chi connectivity index (χ2n) is 5.71. The van der Waals surface area contributed by atoms with Gasteiger partial charge in [0, 0.05) is 25.0 Å². The summed E-state index contributed by atoms with van der Waals surface area (Å²) < 4.78 is 0. The van der Waals surface area contributed by atoms with Gasteiger partial charge in [0.05, 0.1) is 0 Å². The number of carbonyl (C=O) groups excluding carboxylic acids is 1. The molecule has 2 aliphatic rings. The van der Waals surface area contributed by atoms with E-state index in [1.165, 1.54) is 32.4 Å². The Hall–Kier alpha value is -0.570. The second kappa shape index (κ2) is 5.17. The highest BCUT2D eigenvalue weighted by molar-refractivity contribution is 5.78. The van der Waals surface area contributed by atoms with Crippen LogP contribution in [-0.2, 0) is 4.79 Å². The third-order valence-electron chi connectivity index (χ3n) is 3.59. The van der Waals surface area contributed by atoms with Crippen molar-refractivity contribution in [2.45, 2.75) is 45.6 Å². The lowest BCUT2D eigenvalue weighted by Crippen LogP contribution is -2.49. The van der Waals surface area contributed by atoms with Crippen molar-refractivity contribution in [3.63, 3.8) is 0 Å². The van der Waals surface area contributed by atoms with Gasteiger partial charge in [0.15, 0.2) is 0 Å². The standard InChI is InChI=1S/C13H24N2O/c1-10(2)13(16)14-12-4-3-7-15(9-12)8-11-5-6-11/h10-12H,3-9H2,1-2H3,(H,14,16). The number of nitrogens with one attached hydrogen (secondary N) is 1. The average molecular weight is 224 g/mol. The SMILES string of the molecule is CC(C)C(=O)NC1CCCN(CC2CC2)C1. The molecule has 1 aliphatic carbocycles. The van der Waals surface area contributed by atoms with E-state index in [-0.39, 0.29) is 11.8 Å². The van der Waals surface area contributed by atoms with Crippen LogP contribution in [0.5, 0.6) is 0 Å². The smallest absolute Gasteiger partial charge is 0.222 e. The van der Waals surface area contributed by atoms with E-state index in [1.807, 2.05) is 13.8 Å². The molecular weight excluding hydrogens is 200 g/mol. The number of nitrogens with zero attached hydrogens (tertiary/aromatic N) is 1. The van der Waals surface area contributed by atoms with E-state index < -0.39 is 0 Å². The number of piperidine rings is 1. The zero-order chi connectivity index (χ0) is 11.5. The Kier molecular flexibility index (Phi) is 3.85. The molecule has 2 fully saturated rings. The molecule has 1 aliphatic heterocycles. The van der Waals surface area contributed by atoms with Gasteiger partial charge in [-0.1, -0.05) is 13.8 Å². The van der Waals surface area contributed by atoms with Gasteiger partial charge in [0.1, 0.15) is 0 Å². The third-order valence-corrected chi connectivity index (χ3v) is 3.59. The zero-order valence-electron chi connectivity index (χ0n) is 10.5. The molecule has 1 saturated carbocycles. The molecule has 16 heavy (non-hydrogen) atoms. The Morgan fingerprint density at radius 3 is 2.75 bits per heavy atom. The van der Waals surface area contributed by atoms with Crippen LogP contribution in [0.1, 0.15) is 39.5 Å². The van der Waals surface area contributed by atoms with Gasteiger partial charge in [-0.3, -0.25) is 4.79 Å². The Labute approximate surface area is 98.6 Å². The van der Waals surface area contributed by atoms with E-state index in [9.17, 15) is 4.79 Å². The molecular formula is C13H24N2O. The molecule has 92 valence electrons. The van der Waals surface area contributed by atoms with Gasteiger partial charge in [-0.25, -0.2) is 0 Å². The highest BCUT2D eigenvalue weighted by Crippen LogP contribution is 2.30. The predicted molar refractivity (Wildman–Crippen MR) is 65.2 cm³/mol. The van der Waals surface area contributed by atoms with Crippen molar-refractivity contribution in [3.05, 3.63) is 0 Å². The largest absolute Gasteiger partial charge is 0.352 e. The quantitative estimate of drug-likeness (QED) is 0.787. The van der Waals surface area contributed by atoms with Gasteiger partial charge in [-0.2, -0.15) is 0 Å². The minimum Gasteiger partial charge on any atom is -0.352 e. The van der Waals surface area contributed by atoms with Gasteiger partial charge >= 0.3 is 0 Å². The van der Waals surface area contributed by atoms with Crippen LogP contribution in [0, 0.1) is 11.8 Å². The van der Waals surface area contributed by atoms with E-state index >= 15 is 0 Å². The summed E-state index contributed by atoms with van der Waals surface area (Å²) in [6.45, 7) is 7.47. The van der Waals surface area contributed by atoms with E-state index in [1.54, 1.807) is 0 Å². The molecule has 0 aromatic carbocycles. The monoisotopic (exact) mass is 224 g/mol. The fourth-order valence-corrected chi connectivity index (χ4v) is 2.37. The van der Waals surface area contributed by atoms with Crippen LogP contribution in [0.4, 0.5) is 0 Å². The van der Waals surface area contributed by atoms with Crippen molar-refractivity contribution in [3.8, 4) is 0 Å². The molecule has 1 N–H and O–H groups in total. The first-order valence-corrected chi connectivity index (χ1v) is 6.68. The lowest BCUT2D eigenvalue weighted by atomic mass is 10.0. The average Bonchev–Trinajstić information content (AvgIpc) is 3.02. The van der Waals surface area contributed by atoms with Crippen LogP contribution in [0.3, 0.4) is 0 Å². The summed E-state index contributed by atoms with van der Waals surface area (Å²) in [5, 5.41) is 3.16. The number of amides is 1. The van der Waals surface area contributed by atoms with Crippen molar-refractivity contribution < 1.29 is 4.79 Å². The van der Waals surface area contributed by atoms with Crippen LogP contribution in [0.25, 0.3) is 0 Å². The topological polar surface area (TPSA) is 32.3 Å². The van der Waals surface area contributed by atoms with Crippen molar-refractivity contribution in [2.24, 2.45) is 11.8 Å². The lowest BCUT2D eigenvalue weighted by molar-refractivity contribution is -0.125. The fourth-order valence-electron chi connectivity index (χ4n) is 2.37. The Morgan fingerprint density at radius 1 is 1.38 bits per heavy atom. The first kappa shape index (κ1) is 11.9. The Balaban J connectivity index is 1.74. The molecule has 0 aromatic heterocycles. The molecule has 0 radical (unpaired) electrons. The maximum Gasteiger partial charge on any atom is 0.222 e. The molecule has 3 heteroatoms. The van der Waals surface area contributed by atoms with Crippen molar-refractivity contribution in [2.75, 3.05) is 19.6 Å². The van der Waals surface area contributed by atoms with Gasteiger partial charge in [0.25, 0.3) is 0 Å². The summed E-state index contributed by atoms with van der Waals surface area (Å²) in [6, 6.07) is 0.391. The normalized spacial score (nSPS) is 27.1. The highest BCUT2D eigenvalue weighted by atomic mass is 16.1. The number of carbonyl (C=O) groups is 1. The van der Waals surface area contributed by atoms with E-state index in [2.05, 4.69) is 10.2 Å². The summed E-state index contributed by atoms with van der Waals surface area (Å²) in [5.74, 6) is 1.27. The van der Waals surface area contributed by atoms with Crippen LogP contribution in [0.2, 0.25) is 0 Å². The van der Waals surface area contributed by atoms with Crippen LogP contribution >= 0.6 is 0 Å². The minimum atomic E-state index is 0.110. The van der Waals surface area contributed by atoms with Gasteiger partial charge in [0.2, 0.25) is 5.91 Å². The van der Waals surface area contributed by atoms with Crippen LogP contribution in [0.15, 0.2) is 0 Å². The fraction of sp³-hybridized carbons (Fsp3) is 0.923. The molecule has 2 rings (SSSR count). The van der Waals surface area contributed by atoms with Gasteiger partial charge in [-0.05, 0) is 38.1 Å². The molecule has 1 atom stereocenters. The van der Waals surface area contributed by atoms with Crippen molar-refractivity contribution in [1.29, 1.82) is 0 Å². The summed E-state index contributed by atoms with van der Waals surface area (Å²) >= 11 is 0. The van der Waals surface area contributed by atoms with Crippen LogP contribution < -0.4 is 5.32 Å². The van der Waals surface area contributed by atoms with E-state index in [4.69, 9.17) is 0 Å². The number of hydrogen-bond donors (Lipinski definition) is 1. The number of likely N-dealkylation sites (tertiary alicyclic amines) is 1. The van der Waals surface area contributed by atoms with E-state index in [0.717, 1.165) is 18.9 Å². The van der Waals surface area contributed by atoms with Crippen molar-refractivity contribution in [1.82, 2.24) is 10.2 Å². The summed E-state index contributed by atoms with van der Waals surface area (Å²) in [4.78, 5) is 14.2. The Bertz CT molecular complexity index is 248. The molecule has 1 heterocycles. The predicted octanol–water partition coefficient (Wildman–Crippen LogP) is 1.63. The molecule has 0 aromatic rings. The lowest BCUT2D eigenvalue weighted by Gasteiger charge is -2.33. The maximum absolute atomic E-state index is 11.6. The number of rotatable bonds is 4. The van der Waals surface area contributed by atoms with Crippen LogP contribution in [-0.4, -0.2) is 36.5 Å². The molecule has 0 spiro atoms. The van der Waals surface area contributed by atoms with Gasteiger partial charge in [-0.15, -0.1) is 0 Å². The Morgan fingerprint density at radius 2 is 2.12 bits per heavy atom. The van der Waals surface area contributed by atoms with Gasteiger partial charge < -0.3 is 10.2 Å². The van der Waals surface area contributed by atoms with Crippen molar-refractivity contribution >= 4 is 5.91 Å². The molecule has 0 bridgehead atoms. The summed E-state index contributed by atoms with van der Waals surface area (Å²) in [7, 11) is 0. The highest BCUT2D eigenvalue weighted by Gasteiger charge is 2.28. The molecule has 3 nitrogen and oxygen atoms in total. The molecule has 1 amide bonds. The molecule has 1 unspecified atom stereocenters. The summed E-state index contributed by atoms with van der Waals surface area (Å²) in [6.07, 6.45) is 5.22. The molecule has 1 saturated heterocycles. The summed E-state index contributed by atoms with van der Waals surface area (Å²) in [5.41, 5.74) is 0. The first-order chi connectivity index (χ1) is 7.65. The maximum atomic E-state index is 11.6. The third kappa shape index (κ3) is 3.48.